The van der Waals surface area contributed by atoms with Crippen LogP contribution >= 0.6 is 39.0 Å². The summed E-state index contributed by atoms with van der Waals surface area (Å²) in [4.78, 5) is 15.0. The molecule has 0 N–H and O–H groups in total. The van der Waals surface area contributed by atoms with Crippen molar-refractivity contribution in [2.45, 2.75) is 0 Å². The highest BCUT2D eigenvalue weighted by molar-refractivity contribution is 9.10. The van der Waals surface area contributed by atoms with Crippen molar-refractivity contribution in [3.05, 3.63) is 20.8 Å². The molecule has 2 heterocycles. The summed E-state index contributed by atoms with van der Waals surface area (Å²) in [7, 11) is 0. The Kier molecular flexibility index (Phi) is 4.25. The van der Waals surface area contributed by atoms with Crippen LogP contribution in [0.1, 0.15) is 9.67 Å². The fourth-order valence-corrected chi connectivity index (χ4v) is 4.03. The molecule has 0 unspecified atom stereocenters. The minimum absolute atomic E-state index is 0.240. The van der Waals surface area contributed by atoms with E-state index in [-0.39, 0.29) is 5.78 Å². The van der Waals surface area contributed by atoms with Crippen molar-refractivity contribution in [2.75, 3.05) is 31.1 Å². The summed E-state index contributed by atoms with van der Waals surface area (Å²) in [6.07, 6.45) is 0. The number of hydrogen-bond donors (Lipinski definition) is 0. The van der Waals surface area contributed by atoms with Crippen LogP contribution in [-0.4, -0.2) is 41.8 Å². The topological polar surface area (TPSA) is 20.3 Å². The smallest absolute Gasteiger partial charge is 0.187 e. The highest BCUT2D eigenvalue weighted by Gasteiger charge is 2.17. The maximum absolute atomic E-state index is 11.9. The van der Waals surface area contributed by atoms with Gasteiger partial charge in [-0.3, -0.25) is 9.69 Å². The van der Waals surface area contributed by atoms with Gasteiger partial charge < -0.3 is 0 Å². The number of hydrogen-bond acceptors (Lipinski definition) is 4. The molecular formula is C10H12BrNOS2. The summed E-state index contributed by atoms with van der Waals surface area (Å²) in [5.74, 6) is 2.54. The monoisotopic (exact) mass is 305 g/mol. The molecule has 1 aromatic rings. The number of ketones is 1. The second-order valence-corrected chi connectivity index (χ2v) is 6.40. The van der Waals surface area contributed by atoms with Gasteiger partial charge in [0.15, 0.2) is 5.78 Å². The van der Waals surface area contributed by atoms with E-state index in [2.05, 4.69) is 20.8 Å². The van der Waals surface area contributed by atoms with E-state index >= 15 is 0 Å². The van der Waals surface area contributed by atoms with E-state index in [4.69, 9.17) is 0 Å². The third-order valence-corrected chi connectivity index (χ3v) is 5.16. The van der Waals surface area contributed by atoms with Gasteiger partial charge in [0.05, 0.1) is 11.4 Å². The Morgan fingerprint density at radius 3 is 2.80 bits per heavy atom. The van der Waals surface area contributed by atoms with Gasteiger partial charge in [0, 0.05) is 29.1 Å². The fourth-order valence-electron chi connectivity index (χ4n) is 1.53. The van der Waals surface area contributed by atoms with E-state index in [0.29, 0.717) is 6.54 Å². The molecule has 82 valence electrons. The van der Waals surface area contributed by atoms with Crippen molar-refractivity contribution in [1.82, 2.24) is 4.90 Å². The van der Waals surface area contributed by atoms with Crippen LogP contribution in [0.3, 0.4) is 0 Å². The minimum Gasteiger partial charge on any atom is -0.294 e. The fraction of sp³-hybridized carbons (Fsp3) is 0.500. The van der Waals surface area contributed by atoms with Crippen LogP contribution in [-0.2, 0) is 0 Å². The number of carbonyl (C=O) groups is 1. The zero-order chi connectivity index (χ0) is 10.7. The predicted octanol–water partition coefficient (Wildman–Crippen LogP) is 2.74. The summed E-state index contributed by atoms with van der Waals surface area (Å²) < 4.78 is 0.934. The van der Waals surface area contributed by atoms with Gasteiger partial charge >= 0.3 is 0 Å². The molecule has 0 bridgehead atoms. The van der Waals surface area contributed by atoms with Crippen LogP contribution in [0, 0.1) is 0 Å². The van der Waals surface area contributed by atoms with E-state index in [0.717, 1.165) is 33.9 Å². The zero-order valence-corrected chi connectivity index (χ0v) is 11.5. The molecule has 1 saturated heterocycles. The largest absolute Gasteiger partial charge is 0.294 e. The SMILES string of the molecule is O=C(CN1CCSCC1)c1sccc1Br. The third-order valence-electron chi connectivity index (χ3n) is 2.34. The molecule has 0 atom stereocenters. The molecule has 5 heteroatoms. The van der Waals surface area contributed by atoms with Crippen molar-refractivity contribution in [3.8, 4) is 0 Å². The van der Waals surface area contributed by atoms with Crippen LogP contribution in [0.4, 0.5) is 0 Å². The molecule has 0 saturated carbocycles. The molecule has 1 aliphatic rings. The van der Waals surface area contributed by atoms with Crippen molar-refractivity contribution in [3.63, 3.8) is 0 Å². The second kappa shape index (κ2) is 5.48. The van der Waals surface area contributed by atoms with Gasteiger partial charge in [-0.2, -0.15) is 11.8 Å². The molecule has 1 aromatic heterocycles. The normalized spacial score (nSPS) is 17.9. The lowest BCUT2D eigenvalue weighted by molar-refractivity contribution is 0.0940. The van der Waals surface area contributed by atoms with E-state index < -0.39 is 0 Å². The van der Waals surface area contributed by atoms with Crippen molar-refractivity contribution in [1.29, 1.82) is 0 Å². The van der Waals surface area contributed by atoms with Crippen LogP contribution in [0.2, 0.25) is 0 Å². The van der Waals surface area contributed by atoms with Gasteiger partial charge in [0.2, 0.25) is 0 Å². The quantitative estimate of drug-likeness (QED) is 0.801. The number of nitrogens with zero attached hydrogens (tertiary/aromatic N) is 1. The summed E-state index contributed by atoms with van der Waals surface area (Å²) in [6.45, 7) is 2.65. The number of halogens is 1. The number of carbonyl (C=O) groups excluding carboxylic acids is 1. The molecule has 15 heavy (non-hydrogen) atoms. The Morgan fingerprint density at radius 1 is 1.47 bits per heavy atom. The van der Waals surface area contributed by atoms with E-state index in [1.54, 1.807) is 0 Å². The lowest BCUT2D eigenvalue weighted by Gasteiger charge is -2.25. The van der Waals surface area contributed by atoms with Gasteiger partial charge in [-0.25, -0.2) is 0 Å². The van der Waals surface area contributed by atoms with Gasteiger partial charge in [-0.1, -0.05) is 0 Å². The lowest BCUT2D eigenvalue weighted by atomic mass is 10.3. The summed E-state index contributed by atoms with van der Waals surface area (Å²) in [5.41, 5.74) is 0. The third kappa shape index (κ3) is 3.06. The first-order chi connectivity index (χ1) is 7.27. The highest BCUT2D eigenvalue weighted by Crippen LogP contribution is 2.23. The molecular weight excluding hydrogens is 294 g/mol. The summed E-state index contributed by atoms with van der Waals surface area (Å²) in [6, 6.07) is 1.93. The molecule has 0 aromatic carbocycles. The number of thioether (sulfide) groups is 1. The van der Waals surface area contributed by atoms with Crippen LogP contribution in [0.25, 0.3) is 0 Å². The maximum Gasteiger partial charge on any atom is 0.187 e. The van der Waals surface area contributed by atoms with Gasteiger partial charge in [0.25, 0.3) is 0 Å². The van der Waals surface area contributed by atoms with Gasteiger partial charge in [-0.05, 0) is 27.4 Å². The Labute approximate surface area is 106 Å². The Hall–Kier alpha value is 0.160. The number of rotatable bonds is 3. The molecule has 2 rings (SSSR count). The molecule has 2 nitrogen and oxygen atoms in total. The Morgan fingerprint density at radius 2 is 2.20 bits per heavy atom. The number of Topliss-reactive ketones (excluding diaryl/α,β-unsaturated/α-hetero) is 1. The lowest BCUT2D eigenvalue weighted by Crippen LogP contribution is -2.36. The van der Waals surface area contributed by atoms with Crippen molar-refractivity contribution in [2.24, 2.45) is 0 Å². The van der Waals surface area contributed by atoms with Crippen LogP contribution < -0.4 is 0 Å². The first kappa shape index (κ1) is 11.6. The first-order valence-corrected chi connectivity index (χ1v) is 7.66. The minimum atomic E-state index is 0.240. The van der Waals surface area contributed by atoms with Gasteiger partial charge in [0.1, 0.15) is 0 Å². The van der Waals surface area contributed by atoms with Crippen LogP contribution in [0.5, 0.6) is 0 Å². The average Bonchev–Trinajstić information content (AvgIpc) is 2.66. The molecule has 0 aliphatic carbocycles. The van der Waals surface area contributed by atoms with Crippen LogP contribution in [0.15, 0.2) is 15.9 Å². The predicted molar refractivity (Wildman–Crippen MR) is 70.1 cm³/mol. The molecule has 0 spiro atoms. The van der Waals surface area contributed by atoms with Crippen molar-refractivity contribution >= 4 is 44.8 Å². The Balaban J connectivity index is 1.94. The van der Waals surface area contributed by atoms with Gasteiger partial charge in [-0.15, -0.1) is 11.3 Å². The molecule has 1 fully saturated rings. The zero-order valence-electron chi connectivity index (χ0n) is 8.24. The van der Waals surface area contributed by atoms with E-state index in [1.807, 2.05) is 23.2 Å². The van der Waals surface area contributed by atoms with Crippen molar-refractivity contribution < 1.29 is 4.79 Å². The standard InChI is InChI=1S/C10H12BrNOS2/c11-8-1-4-15-10(8)9(13)7-12-2-5-14-6-3-12/h1,4H,2-3,5-7H2. The van der Waals surface area contributed by atoms with E-state index in [9.17, 15) is 4.79 Å². The second-order valence-electron chi connectivity index (χ2n) is 3.41. The van der Waals surface area contributed by atoms with E-state index in [1.165, 1.54) is 11.3 Å². The summed E-state index contributed by atoms with van der Waals surface area (Å²) in [5, 5.41) is 1.95. The highest BCUT2D eigenvalue weighted by atomic mass is 79.9. The molecule has 0 radical (unpaired) electrons. The first-order valence-electron chi connectivity index (χ1n) is 4.83. The molecule has 1 aliphatic heterocycles. The number of thiophene rings is 1. The Bertz CT molecular complexity index is 347. The maximum atomic E-state index is 11.9. The summed E-state index contributed by atoms with van der Waals surface area (Å²) >= 11 is 6.88. The molecule has 0 amide bonds. The average molecular weight is 306 g/mol.